The van der Waals surface area contributed by atoms with Gasteiger partial charge in [-0.3, -0.25) is 15.1 Å². The first kappa shape index (κ1) is 21.2. The number of hydrogen-bond donors (Lipinski definition) is 4. The van der Waals surface area contributed by atoms with Gasteiger partial charge in [0.15, 0.2) is 0 Å². The minimum absolute atomic E-state index is 0.410. The third-order valence-electron chi connectivity index (χ3n) is 3.70. The Kier molecular flexibility index (Phi) is 8.50. The fraction of sp³-hybridized carbons (Fsp3) is 0.0952. The first-order chi connectivity index (χ1) is 14.2. The molecule has 8 nitrogen and oxygen atoms in total. The van der Waals surface area contributed by atoms with Crippen LogP contribution in [0.25, 0.3) is 17.1 Å². The molecule has 4 aromatic heterocycles. The normalized spacial score (nSPS) is 9.86. The van der Waals surface area contributed by atoms with E-state index in [2.05, 4.69) is 30.5 Å². The van der Waals surface area contributed by atoms with Gasteiger partial charge in [0, 0.05) is 54.9 Å². The maximum atomic E-state index is 6.84. The average molecular weight is 388 g/mol. The molecule has 4 rings (SSSR count). The van der Waals surface area contributed by atoms with Crippen LogP contribution < -0.4 is 11.1 Å². The van der Waals surface area contributed by atoms with Gasteiger partial charge < -0.3 is 16.5 Å². The summed E-state index contributed by atoms with van der Waals surface area (Å²) in [5.74, 6) is 0.410. The predicted octanol–water partition coefficient (Wildman–Crippen LogP) is 3.78. The van der Waals surface area contributed by atoms with Gasteiger partial charge in [0.05, 0.1) is 11.7 Å². The number of nitrogens with two attached hydrogens (primary N) is 1. The van der Waals surface area contributed by atoms with Crippen molar-refractivity contribution in [3.05, 3.63) is 78.5 Å². The van der Waals surface area contributed by atoms with Gasteiger partial charge in [0.25, 0.3) is 0 Å². The summed E-state index contributed by atoms with van der Waals surface area (Å²) < 4.78 is 0. The molecule has 0 aliphatic heterocycles. The fourth-order valence-electron chi connectivity index (χ4n) is 2.28. The number of allylic oxidation sites excluding steroid dienone is 1. The van der Waals surface area contributed by atoms with E-state index >= 15 is 0 Å². The molecule has 148 valence electrons. The number of H-pyrrole nitrogens is 1. The Labute approximate surface area is 169 Å². The monoisotopic (exact) mass is 388 g/mol. The van der Waals surface area contributed by atoms with Gasteiger partial charge in [-0.25, -0.2) is 4.98 Å². The van der Waals surface area contributed by atoms with Crippen molar-refractivity contribution in [1.82, 2.24) is 25.1 Å². The number of rotatable bonds is 3. The van der Waals surface area contributed by atoms with Crippen molar-refractivity contribution in [1.29, 1.82) is 5.41 Å². The molecule has 0 amide bonds. The van der Waals surface area contributed by atoms with Crippen LogP contribution in [0.1, 0.15) is 18.1 Å². The average Bonchev–Trinajstić information content (AvgIpc) is 3.25. The van der Waals surface area contributed by atoms with Gasteiger partial charge in [-0.15, -0.1) is 0 Å². The van der Waals surface area contributed by atoms with Crippen molar-refractivity contribution >= 4 is 34.8 Å². The minimum atomic E-state index is 0.410. The molecular formula is C21H24N8. The SMILES string of the molecule is C/C=C\c1cnccc1NC.N=Cc1cccnc1N.c1cnc2cn[nH]c2c1. The number of pyridine rings is 3. The summed E-state index contributed by atoms with van der Waals surface area (Å²) in [6.45, 7) is 1.99. The predicted molar refractivity (Wildman–Crippen MR) is 119 cm³/mol. The second-order valence-electron chi connectivity index (χ2n) is 5.64. The Morgan fingerprint density at radius 1 is 1.03 bits per heavy atom. The van der Waals surface area contributed by atoms with Crippen LogP contribution in [-0.4, -0.2) is 38.4 Å². The zero-order chi connectivity index (χ0) is 20.9. The molecule has 0 unspecified atom stereocenters. The van der Waals surface area contributed by atoms with E-state index in [1.807, 2.05) is 50.5 Å². The summed E-state index contributed by atoms with van der Waals surface area (Å²) >= 11 is 0. The second-order valence-corrected chi connectivity index (χ2v) is 5.64. The van der Waals surface area contributed by atoms with Gasteiger partial charge in [-0.05, 0) is 37.3 Å². The molecule has 0 aliphatic carbocycles. The number of fused-ring (bicyclic) bond motifs is 1. The maximum absolute atomic E-state index is 6.84. The van der Waals surface area contributed by atoms with Crippen LogP contribution >= 0.6 is 0 Å². The standard InChI is InChI=1S/C9H12N2.C6H5N3.C6H7N3/c1-3-4-8-7-11-6-5-9(8)10-2;1-2-5-6(7-3-1)4-8-9-5;7-4-5-2-1-3-9-6(5)8/h3-7H,1-2H3,(H,10,11);1-4H,(H,8,9);1-4,7H,(H2,8,9)/b4-3-;;. The Bertz CT molecular complexity index is 1020. The molecule has 0 bridgehead atoms. The molecule has 4 heterocycles. The molecule has 4 aromatic rings. The summed E-state index contributed by atoms with van der Waals surface area (Å²) in [6, 6.07) is 9.26. The lowest BCUT2D eigenvalue weighted by Gasteiger charge is -2.02. The third kappa shape index (κ3) is 6.55. The summed E-state index contributed by atoms with van der Waals surface area (Å²) in [4.78, 5) is 11.8. The van der Waals surface area contributed by atoms with Crippen molar-refractivity contribution in [2.24, 2.45) is 0 Å². The summed E-state index contributed by atoms with van der Waals surface area (Å²) in [7, 11) is 1.91. The quantitative estimate of drug-likeness (QED) is 0.395. The van der Waals surface area contributed by atoms with Gasteiger partial charge in [0.1, 0.15) is 11.3 Å². The van der Waals surface area contributed by atoms with E-state index in [-0.39, 0.29) is 0 Å². The van der Waals surface area contributed by atoms with E-state index < -0.39 is 0 Å². The van der Waals surface area contributed by atoms with Gasteiger partial charge in [-0.2, -0.15) is 5.10 Å². The van der Waals surface area contributed by atoms with E-state index in [4.69, 9.17) is 11.1 Å². The molecular weight excluding hydrogens is 364 g/mol. The summed E-state index contributed by atoms with van der Waals surface area (Å²) in [5, 5.41) is 16.5. The summed E-state index contributed by atoms with van der Waals surface area (Å²) in [6.07, 6.45) is 13.9. The highest BCUT2D eigenvalue weighted by Gasteiger charge is 1.93. The maximum Gasteiger partial charge on any atom is 0.132 e. The van der Waals surface area contributed by atoms with Crippen molar-refractivity contribution in [3.8, 4) is 0 Å². The Balaban J connectivity index is 0.000000156. The highest BCUT2D eigenvalue weighted by atomic mass is 15.1. The molecule has 0 saturated carbocycles. The largest absolute Gasteiger partial charge is 0.388 e. The van der Waals surface area contributed by atoms with E-state index in [1.54, 1.807) is 36.9 Å². The number of hydrogen-bond acceptors (Lipinski definition) is 7. The van der Waals surface area contributed by atoms with Gasteiger partial charge in [0.2, 0.25) is 0 Å². The molecule has 0 saturated heterocycles. The van der Waals surface area contributed by atoms with Gasteiger partial charge in [-0.1, -0.05) is 12.2 Å². The number of aromatic nitrogens is 5. The number of aromatic amines is 1. The van der Waals surface area contributed by atoms with Crippen molar-refractivity contribution in [2.75, 3.05) is 18.1 Å². The van der Waals surface area contributed by atoms with Crippen molar-refractivity contribution in [2.45, 2.75) is 6.92 Å². The zero-order valence-corrected chi connectivity index (χ0v) is 16.4. The van der Waals surface area contributed by atoms with Crippen LogP contribution in [0.4, 0.5) is 11.5 Å². The molecule has 0 fully saturated rings. The van der Waals surface area contributed by atoms with E-state index in [9.17, 15) is 0 Å². The number of nitrogen functional groups attached to an aromatic ring is 1. The first-order valence-electron chi connectivity index (χ1n) is 8.89. The molecule has 8 heteroatoms. The molecule has 0 aromatic carbocycles. The lowest BCUT2D eigenvalue weighted by atomic mass is 10.2. The third-order valence-corrected chi connectivity index (χ3v) is 3.70. The lowest BCUT2D eigenvalue weighted by molar-refractivity contribution is 1.12. The molecule has 0 atom stereocenters. The molecule has 0 aliphatic rings. The van der Waals surface area contributed by atoms with Gasteiger partial charge >= 0.3 is 0 Å². The van der Waals surface area contributed by atoms with Crippen LogP contribution in [0.2, 0.25) is 0 Å². The highest BCUT2D eigenvalue weighted by Crippen LogP contribution is 2.13. The molecule has 0 radical (unpaired) electrons. The Hall–Kier alpha value is -4.07. The highest BCUT2D eigenvalue weighted by molar-refractivity contribution is 5.82. The Morgan fingerprint density at radius 3 is 2.48 bits per heavy atom. The zero-order valence-electron chi connectivity index (χ0n) is 16.4. The number of nitrogens with one attached hydrogen (secondary N) is 3. The van der Waals surface area contributed by atoms with E-state index in [0.29, 0.717) is 11.4 Å². The Morgan fingerprint density at radius 2 is 1.83 bits per heavy atom. The van der Waals surface area contributed by atoms with Crippen molar-refractivity contribution < 1.29 is 0 Å². The first-order valence-corrected chi connectivity index (χ1v) is 8.89. The van der Waals surface area contributed by atoms with Crippen molar-refractivity contribution in [3.63, 3.8) is 0 Å². The van der Waals surface area contributed by atoms with E-state index in [1.165, 1.54) is 6.21 Å². The smallest absolute Gasteiger partial charge is 0.132 e. The van der Waals surface area contributed by atoms with E-state index in [0.717, 1.165) is 22.3 Å². The lowest BCUT2D eigenvalue weighted by Crippen LogP contribution is -1.94. The fourth-order valence-corrected chi connectivity index (χ4v) is 2.28. The van der Waals surface area contributed by atoms with Crippen LogP contribution in [-0.2, 0) is 0 Å². The minimum Gasteiger partial charge on any atom is -0.388 e. The van der Waals surface area contributed by atoms with Crippen LogP contribution in [0.5, 0.6) is 0 Å². The topological polar surface area (TPSA) is 129 Å². The summed E-state index contributed by atoms with van der Waals surface area (Å²) in [5.41, 5.74) is 10.2. The molecule has 29 heavy (non-hydrogen) atoms. The molecule has 5 N–H and O–H groups in total. The number of nitrogens with zero attached hydrogens (tertiary/aromatic N) is 4. The second kappa shape index (κ2) is 11.6. The molecule has 0 spiro atoms. The van der Waals surface area contributed by atoms with Crippen LogP contribution in [0.3, 0.4) is 0 Å². The number of anilines is 2. The van der Waals surface area contributed by atoms with Crippen LogP contribution in [0.15, 0.2) is 67.4 Å². The van der Waals surface area contributed by atoms with Crippen LogP contribution in [0, 0.1) is 5.41 Å².